The average Bonchev–Trinajstić information content (AvgIpc) is 2.97. The fourth-order valence-electron chi connectivity index (χ4n) is 3.18. The molecule has 1 aliphatic rings. The highest BCUT2D eigenvalue weighted by Gasteiger charge is 2.45. The largest absolute Gasteiger partial charge is 0.507 e. The monoisotopic (exact) mass is 382 g/mol. The maximum absolute atomic E-state index is 12.7. The maximum atomic E-state index is 12.7. The minimum absolute atomic E-state index is 0.0545. The molecule has 0 saturated carbocycles. The Morgan fingerprint density at radius 1 is 1.14 bits per heavy atom. The number of carbonyl (C=O) groups is 2. The van der Waals surface area contributed by atoms with Gasteiger partial charge in [0.2, 0.25) is 0 Å². The molecule has 0 spiro atoms. The van der Waals surface area contributed by atoms with Crippen LogP contribution < -0.4 is 0 Å². The second kappa shape index (κ2) is 8.01. The van der Waals surface area contributed by atoms with Gasteiger partial charge in [-0.2, -0.15) is 0 Å². The molecule has 0 unspecified atom stereocenters. The number of hydrogen-bond donors (Lipinski definition) is 1. The number of ether oxygens (including phenoxy) is 1. The molecule has 1 atom stereocenters. The van der Waals surface area contributed by atoms with Crippen molar-refractivity contribution >= 4 is 23.1 Å². The number of Topliss-reactive ketones (excluding diaryl/α,β-unsaturated/α-hetero) is 1. The lowest BCUT2D eigenvalue weighted by Gasteiger charge is -2.25. The highest BCUT2D eigenvalue weighted by Crippen LogP contribution is 2.39. The lowest BCUT2D eigenvalue weighted by atomic mass is 9.95. The van der Waals surface area contributed by atoms with Crippen LogP contribution in [0.25, 0.3) is 5.76 Å². The zero-order chi connectivity index (χ0) is 20.3. The number of benzene rings is 2. The molecule has 144 valence electrons. The first-order valence-corrected chi connectivity index (χ1v) is 8.52. The van der Waals surface area contributed by atoms with E-state index in [1.807, 2.05) is 0 Å². The number of methoxy groups -OCH3 is 1. The third kappa shape index (κ3) is 3.49. The average molecular weight is 382 g/mol. The summed E-state index contributed by atoms with van der Waals surface area (Å²) in [7, 11) is 1.47. The summed E-state index contributed by atoms with van der Waals surface area (Å²) >= 11 is 0. The van der Waals surface area contributed by atoms with E-state index in [2.05, 4.69) is 0 Å². The van der Waals surface area contributed by atoms with Crippen LogP contribution in [0.1, 0.15) is 17.2 Å². The number of non-ortho nitro benzene ring substituents is 1. The maximum Gasteiger partial charge on any atom is 0.295 e. The summed E-state index contributed by atoms with van der Waals surface area (Å²) in [4.78, 5) is 37.0. The van der Waals surface area contributed by atoms with Gasteiger partial charge in [-0.05, 0) is 17.7 Å². The van der Waals surface area contributed by atoms with Gasteiger partial charge in [0.25, 0.3) is 17.4 Å². The standard InChI is InChI=1S/C20H18N2O6/c1-28-12-11-21-17(13-7-9-15(10-8-13)22(26)27)16(19(24)20(21)25)18(23)14-5-3-2-4-6-14/h2-10,17,23H,11-12H2,1H3/t17-/m0/s1. The minimum atomic E-state index is -0.865. The molecule has 3 rings (SSSR count). The van der Waals surface area contributed by atoms with E-state index >= 15 is 0 Å². The van der Waals surface area contributed by atoms with E-state index in [9.17, 15) is 24.8 Å². The van der Waals surface area contributed by atoms with Crippen LogP contribution in [0.5, 0.6) is 0 Å². The Hall–Kier alpha value is -3.52. The van der Waals surface area contributed by atoms with Crippen LogP contribution in [0.3, 0.4) is 0 Å². The van der Waals surface area contributed by atoms with Crippen molar-refractivity contribution in [3.05, 3.63) is 81.4 Å². The number of rotatable bonds is 6. The summed E-state index contributed by atoms with van der Waals surface area (Å²) in [6.07, 6.45) is 0. The first-order valence-electron chi connectivity index (χ1n) is 8.52. The van der Waals surface area contributed by atoms with Crippen LogP contribution in [-0.4, -0.2) is 46.9 Å². The van der Waals surface area contributed by atoms with Crippen molar-refractivity contribution in [2.24, 2.45) is 0 Å². The molecule has 0 aliphatic carbocycles. The van der Waals surface area contributed by atoms with Gasteiger partial charge < -0.3 is 14.7 Å². The molecule has 0 aromatic heterocycles. The minimum Gasteiger partial charge on any atom is -0.507 e. The Morgan fingerprint density at radius 3 is 2.36 bits per heavy atom. The van der Waals surface area contributed by atoms with Gasteiger partial charge in [-0.15, -0.1) is 0 Å². The van der Waals surface area contributed by atoms with Gasteiger partial charge >= 0.3 is 0 Å². The Labute approximate surface area is 160 Å². The molecule has 28 heavy (non-hydrogen) atoms. The molecule has 1 N–H and O–H groups in total. The predicted octanol–water partition coefficient (Wildman–Crippen LogP) is 2.66. The summed E-state index contributed by atoms with van der Waals surface area (Å²) in [5, 5.41) is 21.7. The molecule has 1 amide bonds. The van der Waals surface area contributed by atoms with Crippen molar-refractivity contribution in [2.45, 2.75) is 6.04 Å². The topological polar surface area (TPSA) is 110 Å². The van der Waals surface area contributed by atoms with Gasteiger partial charge in [0, 0.05) is 31.4 Å². The van der Waals surface area contributed by atoms with E-state index in [1.165, 1.54) is 36.3 Å². The molecule has 1 fully saturated rings. The van der Waals surface area contributed by atoms with Gasteiger partial charge in [0.15, 0.2) is 0 Å². The molecule has 1 aliphatic heterocycles. The van der Waals surface area contributed by atoms with E-state index in [4.69, 9.17) is 4.74 Å². The molecule has 2 aromatic rings. The normalized spacial score (nSPS) is 18.5. The Bertz CT molecular complexity index is 937. The van der Waals surface area contributed by atoms with E-state index in [-0.39, 0.29) is 30.2 Å². The SMILES string of the molecule is COCCN1C(=O)C(=O)C(=C(O)c2ccccc2)[C@@H]1c1ccc([N+](=O)[O-])cc1. The number of aliphatic hydroxyl groups is 1. The number of nitro benzene ring substituents is 1. The molecule has 8 nitrogen and oxygen atoms in total. The first kappa shape index (κ1) is 19.2. The smallest absolute Gasteiger partial charge is 0.295 e. The van der Waals surface area contributed by atoms with E-state index in [0.29, 0.717) is 11.1 Å². The van der Waals surface area contributed by atoms with Crippen LogP contribution in [0, 0.1) is 10.1 Å². The molecule has 8 heteroatoms. The number of nitrogens with zero attached hydrogens (tertiary/aromatic N) is 2. The van der Waals surface area contributed by atoms with Crippen molar-refractivity contribution in [3.8, 4) is 0 Å². The van der Waals surface area contributed by atoms with E-state index in [0.717, 1.165) is 0 Å². The van der Waals surface area contributed by atoms with Crippen molar-refractivity contribution in [1.29, 1.82) is 0 Å². The Morgan fingerprint density at radius 2 is 1.79 bits per heavy atom. The molecule has 0 radical (unpaired) electrons. The zero-order valence-electron chi connectivity index (χ0n) is 15.1. The Balaban J connectivity index is 2.14. The van der Waals surface area contributed by atoms with Crippen LogP contribution in [0.2, 0.25) is 0 Å². The summed E-state index contributed by atoms with van der Waals surface area (Å²) in [6.45, 7) is 0.330. The van der Waals surface area contributed by atoms with Crippen molar-refractivity contribution in [2.75, 3.05) is 20.3 Å². The van der Waals surface area contributed by atoms with Crippen LogP contribution in [-0.2, 0) is 14.3 Å². The third-order valence-corrected chi connectivity index (χ3v) is 4.54. The molecule has 0 bridgehead atoms. The molecule has 1 saturated heterocycles. The van der Waals surface area contributed by atoms with E-state index < -0.39 is 22.7 Å². The van der Waals surface area contributed by atoms with Crippen LogP contribution >= 0.6 is 0 Å². The fourth-order valence-corrected chi connectivity index (χ4v) is 3.18. The number of hydrogen-bond acceptors (Lipinski definition) is 6. The molecular formula is C20H18N2O6. The highest BCUT2D eigenvalue weighted by atomic mass is 16.6. The number of aliphatic hydroxyl groups excluding tert-OH is 1. The van der Waals surface area contributed by atoms with Crippen molar-refractivity contribution < 1.29 is 24.4 Å². The number of amides is 1. The molecular weight excluding hydrogens is 364 g/mol. The quantitative estimate of drug-likeness (QED) is 0.270. The van der Waals surface area contributed by atoms with Gasteiger partial charge in [0.05, 0.1) is 23.1 Å². The number of carbonyl (C=O) groups excluding carboxylic acids is 2. The summed E-state index contributed by atoms with van der Waals surface area (Å²) in [5.41, 5.74) is 0.722. The highest BCUT2D eigenvalue weighted by molar-refractivity contribution is 6.46. The third-order valence-electron chi connectivity index (χ3n) is 4.54. The number of nitro groups is 1. The summed E-state index contributed by atoms with van der Waals surface area (Å²) < 4.78 is 5.03. The van der Waals surface area contributed by atoms with Crippen LogP contribution in [0.15, 0.2) is 60.2 Å². The summed E-state index contributed by atoms with van der Waals surface area (Å²) in [5.74, 6) is -1.85. The lowest BCUT2D eigenvalue weighted by molar-refractivity contribution is -0.384. The van der Waals surface area contributed by atoms with Gasteiger partial charge in [-0.1, -0.05) is 30.3 Å². The fraction of sp³-hybridized carbons (Fsp3) is 0.200. The second-order valence-electron chi connectivity index (χ2n) is 6.20. The summed E-state index contributed by atoms with van der Waals surface area (Å²) in [6, 6.07) is 13.1. The number of likely N-dealkylation sites (tertiary alicyclic amines) is 1. The van der Waals surface area contributed by atoms with Crippen molar-refractivity contribution in [3.63, 3.8) is 0 Å². The second-order valence-corrected chi connectivity index (χ2v) is 6.20. The lowest BCUT2D eigenvalue weighted by Crippen LogP contribution is -2.32. The number of ketones is 1. The molecule has 1 heterocycles. The van der Waals surface area contributed by atoms with Gasteiger partial charge in [-0.25, -0.2) is 0 Å². The molecule has 2 aromatic carbocycles. The first-order chi connectivity index (χ1) is 13.5. The van der Waals surface area contributed by atoms with Gasteiger partial charge in [0.1, 0.15) is 5.76 Å². The van der Waals surface area contributed by atoms with Crippen molar-refractivity contribution in [1.82, 2.24) is 4.90 Å². The van der Waals surface area contributed by atoms with Crippen LogP contribution in [0.4, 0.5) is 5.69 Å². The predicted molar refractivity (Wildman–Crippen MR) is 100 cm³/mol. The Kier molecular flexibility index (Phi) is 5.51. The van der Waals surface area contributed by atoms with Gasteiger partial charge in [-0.3, -0.25) is 19.7 Å². The van der Waals surface area contributed by atoms with E-state index in [1.54, 1.807) is 30.3 Å². The zero-order valence-corrected chi connectivity index (χ0v) is 15.1.